The number of nitrogens with zero attached hydrogens (tertiary/aromatic N) is 2. The molecule has 1 aliphatic rings. The van der Waals surface area contributed by atoms with Gasteiger partial charge in [-0.2, -0.15) is 0 Å². The monoisotopic (exact) mass is 297 g/mol. The van der Waals surface area contributed by atoms with E-state index >= 15 is 0 Å². The molecule has 1 atom stereocenters. The van der Waals surface area contributed by atoms with Crippen LogP contribution in [0.15, 0.2) is 12.1 Å². The zero-order valence-corrected chi connectivity index (χ0v) is 12.6. The summed E-state index contributed by atoms with van der Waals surface area (Å²) in [5.41, 5.74) is -0.146. The number of hydrogen-bond donors (Lipinski definition) is 1. The van der Waals surface area contributed by atoms with Crippen LogP contribution in [0.25, 0.3) is 0 Å². The van der Waals surface area contributed by atoms with Crippen LogP contribution in [0.1, 0.15) is 23.2 Å². The van der Waals surface area contributed by atoms with Gasteiger partial charge in [0.15, 0.2) is 0 Å². The molecule has 1 amide bonds. The van der Waals surface area contributed by atoms with E-state index in [1.54, 1.807) is 4.90 Å². The maximum absolute atomic E-state index is 13.8. The van der Waals surface area contributed by atoms with Crippen molar-refractivity contribution in [2.75, 3.05) is 39.5 Å². The van der Waals surface area contributed by atoms with Crippen molar-refractivity contribution in [3.63, 3.8) is 0 Å². The highest BCUT2D eigenvalue weighted by atomic mass is 19.1. The summed E-state index contributed by atoms with van der Waals surface area (Å²) < 4.78 is 27.6. The number of nitrogens with one attached hydrogen (secondary N) is 1. The number of halogens is 2. The molecule has 2 rings (SSSR count). The average Bonchev–Trinajstić information content (AvgIpc) is 2.84. The lowest BCUT2D eigenvalue weighted by molar-refractivity contribution is 0.0715. The summed E-state index contributed by atoms with van der Waals surface area (Å²) in [6, 6.07) is 2.30. The lowest BCUT2D eigenvalue weighted by atomic mass is 10.1. The first-order chi connectivity index (χ1) is 9.93. The van der Waals surface area contributed by atoms with Gasteiger partial charge >= 0.3 is 0 Å². The maximum Gasteiger partial charge on any atom is 0.254 e. The van der Waals surface area contributed by atoms with Crippen molar-refractivity contribution < 1.29 is 13.6 Å². The van der Waals surface area contributed by atoms with Gasteiger partial charge in [-0.25, -0.2) is 8.78 Å². The number of amides is 1. The molecule has 1 saturated heterocycles. The summed E-state index contributed by atoms with van der Waals surface area (Å²) in [6.45, 7) is 1.39. The highest BCUT2D eigenvalue weighted by Gasteiger charge is 2.30. The van der Waals surface area contributed by atoms with E-state index in [0.29, 0.717) is 6.54 Å². The van der Waals surface area contributed by atoms with Gasteiger partial charge in [0.1, 0.15) is 17.3 Å². The van der Waals surface area contributed by atoms with Crippen LogP contribution >= 0.6 is 0 Å². The Balaban J connectivity index is 2.23. The van der Waals surface area contributed by atoms with Crippen molar-refractivity contribution in [1.29, 1.82) is 0 Å². The first-order valence-corrected chi connectivity index (χ1v) is 7.06. The molecule has 1 aliphatic heterocycles. The van der Waals surface area contributed by atoms with Gasteiger partial charge in [-0.3, -0.25) is 4.79 Å². The van der Waals surface area contributed by atoms with E-state index in [1.165, 1.54) is 7.05 Å². The van der Waals surface area contributed by atoms with Gasteiger partial charge in [-0.05, 0) is 39.1 Å². The molecule has 0 spiro atoms. The first kappa shape index (κ1) is 15.7. The predicted octanol–water partition coefficient (Wildman–Crippen LogP) is 2.17. The fourth-order valence-corrected chi connectivity index (χ4v) is 2.82. The minimum atomic E-state index is -0.746. The van der Waals surface area contributed by atoms with Crippen LogP contribution in [0, 0.1) is 11.6 Å². The van der Waals surface area contributed by atoms with E-state index in [1.807, 2.05) is 19.0 Å². The summed E-state index contributed by atoms with van der Waals surface area (Å²) >= 11 is 0. The van der Waals surface area contributed by atoms with Gasteiger partial charge < -0.3 is 15.1 Å². The highest BCUT2D eigenvalue weighted by Crippen LogP contribution is 2.24. The van der Waals surface area contributed by atoms with Crippen molar-refractivity contribution in [3.8, 4) is 0 Å². The molecule has 1 aromatic carbocycles. The average molecular weight is 297 g/mol. The Morgan fingerprint density at radius 2 is 2.00 bits per heavy atom. The van der Waals surface area contributed by atoms with Gasteiger partial charge in [0.25, 0.3) is 5.91 Å². The van der Waals surface area contributed by atoms with Crippen molar-refractivity contribution in [2.45, 2.75) is 18.9 Å². The van der Waals surface area contributed by atoms with E-state index in [2.05, 4.69) is 5.32 Å². The third kappa shape index (κ3) is 3.32. The molecule has 1 N–H and O–H groups in total. The third-order valence-corrected chi connectivity index (χ3v) is 3.75. The van der Waals surface area contributed by atoms with Crippen LogP contribution in [0.3, 0.4) is 0 Å². The molecular weight excluding hydrogens is 276 g/mol. The van der Waals surface area contributed by atoms with Gasteiger partial charge in [0.2, 0.25) is 0 Å². The Hall–Kier alpha value is -1.69. The smallest absolute Gasteiger partial charge is 0.254 e. The molecule has 6 heteroatoms. The topological polar surface area (TPSA) is 35.6 Å². The predicted molar refractivity (Wildman–Crippen MR) is 78.5 cm³/mol. The SMILES string of the molecule is CNc1c(F)cc(C(=O)N2CCCC2CN(C)C)cc1F. The summed E-state index contributed by atoms with van der Waals surface area (Å²) in [7, 11) is 5.33. The number of anilines is 1. The standard InChI is InChI=1S/C15H21F2N3O/c1-18-14-12(16)7-10(8-13(14)17)15(21)20-6-4-5-11(20)9-19(2)3/h7-8,11,18H,4-6,9H2,1-3H3. The van der Waals surface area contributed by atoms with Crippen LogP contribution < -0.4 is 5.32 Å². The molecule has 1 unspecified atom stereocenters. The van der Waals surface area contributed by atoms with Crippen LogP contribution in [0.2, 0.25) is 0 Å². The fourth-order valence-electron chi connectivity index (χ4n) is 2.82. The lowest BCUT2D eigenvalue weighted by Crippen LogP contribution is -2.41. The van der Waals surface area contributed by atoms with Gasteiger partial charge in [-0.15, -0.1) is 0 Å². The van der Waals surface area contributed by atoms with Crippen molar-refractivity contribution in [2.24, 2.45) is 0 Å². The molecule has 1 fully saturated rings. The number of hydrogen-bond acceptors (Lipinski definition) is 3. The summed E-state index contributed by atoms with van der Waals surface area (Å²) in [6.07, 6.45) is 1.84. The minimum Gasteiger partial charge on any atom is -0.383 e. The van der Waals surface area contributed by atoms with Crippen molar-refractivity contribution in [3.05, 3.63) is 29.3 Å². The lowest BCUT2D eigenvalue weighted by Gasteiger charge is -2.27. The number of likely N-dealkylation sites (tertiary alicyclic amines) is 1. The zero-order valence-electron chi connectivity index (χ0n) is 12.6. The molecule has 0 bridgehead atoms. The summed E-state index contributed by atoms with van der Waals surface area (Å²) in [5.74, 6) is -1.80. The van der Waals surface area contributed by atoms with Crippen LogP contribution in [0.5, 0.6) is 0 Å². The van der Waals surface area contributed by atoms with E-state index in [4.69, 9.17) is 0 Å². The number of carbonyl (C=O) groups is 1. The molecule has 0 saturated carbocycles. The third-order valence-electron chi connectivity index (χ3n) is 3.75. The molecule has 0 radical (unpaired) electrons. The molecule has 0 aromatic heterocycles. The largest absolute Gasteiger partial charge is 0.383 e. The number of rotatable bonds is 4. The molecule has 1 aromatic rings. The number of likely N-dealkylation sites (N-methyl/N-ethyl adjacent to an activating group) is 1. The summed E-state index contributed by atoms with van der Waals surface area (Å²) in [5, 5.41) is 2.45. The fraction of sp³-hybridized carbons (Fsp3) is 0.533. The molecule has 1 heterocycles. The molecule has 116 valence electrons. The Labute approximate surface area is 123 Å². The Morgan fingerprint density at radius 1 is 1.38 bits per heavy atom. The number of benzene rings is 1. The maximum atomic E-state index is 13.8. The van der Waals surface area contributed by atoms with Crippen LogP contribution in [-0.2, 0) is 0 Å². The molecule has 4 nitrogen and oxygen atoms in total. The number of carbonyl (C=O) groups excluding carboxylic acids is 1. The van der Waals surface area contributed by atoms with E-state index in [-0.39, 0.29) is 23.2 Å². The normalized spacial score (nSPS) is 18.4. The molecular formula is C15H21F2N3O. The van der Waals surface area contributed by atoms with Crippen molar-refractivity contribution >= 4 is 11.6 Å². The zero-order chi connectivity index (χ0) is 15.6. The second kappa shape index (κ2) is 6.39. The van der Waals surface area contributed by atoms with Gasteiger partial charge in [0, 0.05) is 31.7 Å². The Morgan fingerprint density at radius 3 is 2.52 bits per heavy atom. The highest BCUT2D eigenvalue weighted by molar-refractivity contribution is 5.95. The Bertz CT molecular complexity index is 511. The van der Waals surface area contributed by atoms with E-state index in [0.717, 1.165) is 31.5 Å². The molecule has 21 heavy (non-hydrogen) atoms. The van der Waals surface area contributed by atoms with E-state index < -0.39 is 11.6 Å². The molecule has 0 aliphatic carbocycles. The second-order valence-corrected chi connectivity index (χ2v) is 5.62. The first-order valence-electron chi connectivity index (χ1n) is 7.06. The van der Waals surface area contributed by atoms with Crippen LogP contribution in [0.4, 0.5) is 14.5 Å². The summed E-state index contributed by atoms with van der Waals surface area (Å²) in [4.78, 5) is 16.2. The van der Waals surface area contributed by atoms with Crippen LogP contribution in [-0.4, -0.2) is 56.0 Å². The Kier molecular flexibility index (Phi) is 4.77. The van der Waals surface area contributed by atoms with Gasteiger partial charge in [0.05, 0.1) is 0 Å². The quantitative estimate of drug-likeness (QED) is 0.925. The minimum absolute atomic E-state index is 0.0645. The second-order valence-electron chi connectivity index (χ2n) is 5.62. The van der Waals surface area contributed by atoms with E-state index in [9.17, 15) is 13.6 Å². The van der Waals surface area contributed by atoms with Gasteiger partial charge in [-0.1, -0.05) is 0 Å². The van der Waals surface area contributed by atoms with Crippen molar-refractivity contribution in [1.82, 2.24) is 9.80 Å².